The number of anilines is 1. The van der Waals surface area contributed by atoms with Crippen molar-refractivity contribution in [2.75, 3.05) is 19.0 Å². The minimum atomic E-state index is -0.410. The van der Waals surface area contributed by atoms with Gasteiger partial charge in [0.15, 0.2) is 0 Å². The zero-order valence-corrected chi connectivity index (χ0v) is 23.9. The number of hydrogen-bond acceptors (Lipinski definition) is 6. The van der Waals surface area contributed by atoms with Gasteiger partial charge in [-0.2, -0.15) is 0 Å². The third kappa shape index (κ3) is 5.41. The van der Waals surface area contributed by atoms with Crippen molar-refractivity contribution in [1.29, 1.82) is 0 Å². The number of nitrogens with zero attached hydrogens (tertiary/aromatic N) is 1. The summed E-state index contributed by atoms with van der Waals surface area (Å²) in [6.07, 6.45) is 2.70. The summed E-state index contributed by atoms with van der Waals surface area (Å²) in [6.45, 7) is 9.32. The van der Waals surface area contributed by atoms with Gasteiger partial charge in [-0.1, -0.05) is 39.0 Å². The number of thiophene rings is 1. The van der Waals surface area contributed by atoms with E-state index in [9.17, 15) is 9.59 Å². The molecule has 1 aliphatic rings. The Bertz CT molecular complexity index is 1530. The van der Waals surface area contributed by atoms with Crippen LogP contribution in [0.2, 0.25) is 0 Å². The van der Waals surface area contributed by atoms with Crippen LogP contribution in [-0.4, -0.2) is 30.6 Å². The van der Waals surface area contributed by atoms with Crippen molar-refractivity contribution in [3.8, 4) is 17.0 Å². The monoisotopic (exact) mass is 542 g/mol. The van der Waals surface area contributed by atoms with Crippen molar-refractivity contribution in [1.82, 2.24) is 4.98 Å². The van der Waals surface area contributed by atoms with Gasteiger partial charge in [-0.15, -0.1) is 11.3 Å². The molecular weight excluding hydrogens is 508 g/mol. The number of methoxy groups -OCH3 is 1. The molecule has 4 aromatic rings. The first-order valence-electron chi connectivity index (χ1n) is 13.4. The highest BCUT2D eigenvalue weighted by Gasteiger charge is 2.34. The first kappa shape index (κ1) is 26.9. The molecule has 1 N–H and O–H groups in total. The van der Waals surface area contributed by atoms with E-state index in [4.69, 9.17) is 14.5 Å². The Labute approximate surface area is 233 Å². The van der Waals surface area contributed by atoms with E-state index in [-0.39, 0.29) is 11.3 Å². The Balaban J connectivity index is 1.53. The summed E-state index contributed by atoms with van der Waals surface area (Å²) in [7, 11) is 1.39. The first-order chi connectivity index (χ1) is 18.7. The van der Waals surface area contributed by atoms with Crippen LogP contribution in [0.3, 0.4) is 0 Å². The van der Waals surface area contributed by atoms with Crippen LogP contribution in [0.5, 0.6) is 5.75 Å². The minimum absolute atomic E-state index is 0.170. The molecule has 6 nitrogen and oxygen atoms in total. The standard InChI is InChI=1S/C32H34N2O4S/c1-6-38-21-14-11-19(12-15-21)26-18-24(22-9-7-8-10-25(22)33-26)29(35)34-30-28(31(36)37-5)23-16-13-20(32(2,3)4)17-27(23)39-30/h7-12,14-15,18,20H,6,13,16-17H2,1-5H3,(H,34,35)/t20-/m1/s1. The first-order valence-corrected chi connectivity index (χ1v) is 14.2. The van der Waals surface area contributed by atoms with E-state index in [1.165, 1.54) is 18.4 Å². The van der Waals surface area contributed by atoms with Gasteiger partial charge in [-0.25, -0.2) is 9.78 Å². The average Bonchev–Trinajstić information content (AvgIpc) is 3.29. The van der Waals surface area contributed by atoms with Crippen LogP contribution in [0.25, 0.3) is 22.2 Å². The molecule has 1 aliphatic carbocycles. The van der Waals surface area contributed by atoms with E-state index in [1.54, 1.807) is 0 Å². The third-order valence-corrected chi connectivity index (χ3v) is 8.70. The smallest absolute Gasteiger partial charge is 0.341 e. The van der Waals surface area contributed by atoms with Crippen LogP contribution in [0.15, 0.2) is 54.6 Å². The van der Waals surface area contributed by atoms with Crippen molar-refractivity contribution in [2.45, 2.75) is 47.0 Å². The normalized spacial score (nSPS) is 15.1. The number of hydrogen-bond donors (Lipinski definition) is 1. The zero-order chi connectivity index (χ0) is 27.7. The van der Waals surface area contributed by atoms with Gasteiger partial charge in [0.05, 0.1) is 36.1 Å². The molecule has 2 heterocycles. The second kappa shape index (κ2) is 10.8. The summed E-state index contributed by atoms with van der Waals surface area (Å²) in [5, 5.41) is 4.38. The largest absolute Gasteiger partial charge is 0.494 e. The molecule has 0 fully saturated rings. The van der Waals surface area contributed by atoms with Crippen molar-refractivity contribution in [3.05, 3.63) is 76.2 Å². The quantitative estimate of drug-likeness (QED) is 0.255. The molecule has 0 unspecified atom stereocenters. The molecule has 0 spiro atoms. The van der Waals surface area contributed by atoms with E-state index < -0.39 is 5.97 Å². The zero-order valence-electron chi connectivity index (χ0n) is 23.1. The van der Waals surface area contributed by atoms with Crippen molar-refractivity contribution in [3.63, 3.8) is 0 Å². The fourth-order valence-corrected chi connectivity index (χ4v) is 6.61. The molecule has 0 bridgehead atoms. The lowest BCUT2D eigenvalue weighted by molar-refractivity contribution is 0.0600. The molecule has 7 heteroatoms. The number of pyridine rings is 1. The maximum absolute atomic E-state index is 13.8. The van der Waals surface area contributed by atoms with Crippen LogP contribution < -0.4 is 10.1 Å². The van der Waals surface area contributed by atoms with Crippen LogP contribution in [0.4, 0.5) is 5.00 Å². The summed E-state index contributed by atoms with van der Waals surface area (Å²) in [6, 6.07) is 17.1. The van der Waals surface area contributed by atoms with Gasteiger partial charge in [-0.05, 0) is 79.5 Å². The number of carbonyl (C=O) groups excluding carboxylic acids is 2. The molecule has 2 aromatic heterocycles. The van der Waals surface area contributed by atoms with E-state index in [2.05, 4.69) is 26.1 Å². The average molecular weight is 543 g/mol. The third-order valence-electron chi connectivity index (χ3n) is 7.53. The number of ether oxygens (including phenoxy) is 2. The summed E-state index contributed by atoms with van der Waals surface area (Å²) < 4.78 is 10.7. The van der Waals surface area contributed by atoms with Crippen molar-refractivity contribution < 1.29 is 19.1 Å². The Hall–Kier alpha value is -3.71. The van der Waals surface area contributed by atoms with E-state index in [1.807, 2.05) is 61.5 Å². The second-order valence-electron chi connectivity index (χ2n) is 11.0. The molecule has 0 aliphatic heterocycles. The van der Waals surface area contributed by atoms with Crippen molar-refractivity contribution in [2.24, 2.45) is 11.3 Å². The fraction of sp³-hybridized carbons (Fsp3) is 0.344. The van der Waals surface area contributed by atoms with Gasteiger partial charge in [0, 0.05) is 15.8 Å². The van der Waals surface area contributed by atoms with Gasteiger partial charge < -0.3 is 14.8 Å². The molecular formula is C32H34N2O4S. The van der Waals surface area contributed by atoms with Crippen molar-refractivity contribution >= 4 is 39.1 Å². The fourth-order valence-electron chi connectivity index (χ4n) is 5.30. The van der Waals surface area contributed by atoms with Gasteiger partial charge in [0.1, 0.15) is 10.8 Å². The lowest BCUT2D eigenvalue weighted by atomic mass is 9.72. The maximum Gasteiger partial charge on any atom is 0.341 e. The second-order valence-corrected chi connectivity index (χ2v) is 12.1. The van der Waals surface area contributed by atoms with E-state index in [0.29, 0.717) is 34.3 Å². The summed E-state index contributed by atoms with van der Waals surface area (Å²) in [4.78, 5) is 32.7. The molecule has 5 rings (SSSR count). The predicted octanol–water partition coefficient (Wildman–Crippen LogP) is 7.55. The number of fused-ring (bicyclic) bond motifs is 2. The molecule has 1 amide bonds. The minimum Gasteiger partial charge on any atom is -0.494 e. The van der Waals surface area contributed by atoms with Crippen LogP contribution in [0, 0.1) is 11.3 Å². The molecule has 1 atom stereocenters. The van der Waals surface area contributed by atoms with E-state index >= 15 is 0 Å². The molecule has 39 heavy (non-hydrogen) atoms. The summed E-state index contributed by atoms with van der Waals surface area (Å²) in [5.41, 5.74) is 4.46. The number of para-hydroxylation sites is 1. The van der Waals surface area contributed by atoms with Gasteiger partial charge in [0.2, 0.25) is 0 Å². The Kier molecular flexibility index (Phi) is 7.45. The number of amides is 1. The number of nitrogens with one attached hydrogen (secondary N) is 1. The van der Waals surface area contributed by atoms with E-state index in [0.717, 1.165) is 51.9 Å². The van der Waals surface area contributed by atoms with Crippen LogP contribution in [0.1, 0.15) is 65.3 Å². The number of rotatable bonds is 6. The predicted molar refractivity (Wildman–Crippen MR) is 157 cm³/mol. The number of aromatic nitrogens is 1. The van der Waals surface area contributed by atoms with Gasteiger partial charge >= 0.3 is 5.97 Å². The Morgan fingerprint density at radius 1 is 1.10 bits per heavy atom. The molecule has 0 radical (unpaired) electrons. The van der Waals surface area contributed by atoms with Crippen LogP contribution >= 0.6 is 11.3 Å². The number of benzene rings is 2. The van der Waals surface area contributed by atoms with Crippen LogP contribution in [-0.2, 0) is 17.6 Å². The highest BCUT2D eigenvalue weighted by atomic mass is 32.1. The van der Waals surface area contributed by atoms with Gasteiger partial charge in [0.25, 0.3) is 5.91 Å². The Morgan fingerprint density at radius 3 is 2.54 bits per heavy atom. The molecule has 0 saturated carbocycles. The highest BCUT2D eigenvalue weighted by molar-refractivity contribution is 7.17. The van der Waals surface area contributed by atoms with Gasteiger partial charge in [-0.3, -0.25) is 4.79 Å². The number of esters is 1. The maximum atomic E-state index is 13.8. The molecule has 2 aromatic carbocycles. The lowest BCUT2D eigenvalue weighted by Crippen LogP contribution is -2.26. The summed E-state index contributed by atoms with van der Waals surface area (Å²) >= 11 is 1.50. The molecule has 202 valence electrons. The molecule has 0 saturated heterocycles. The summed E-state index contributed by atoms with van der Waals surface area (Å²) in [5.74, 6) is 0.604. The SMILES string of the molecule is CCOc1ccc(-c2cc(C(=O)Nc3sc4c(c3C(=O)OC)CC[C@@H](C(C)(C)C)C4)c3ccccc3n2)cc1. The highest BCUT2D eigenvalue weighted by Crippen LogP contribution is 2.44. The number of carbonyl (C=O) groups is 2. The Morgan fingerprint density at radius 2 is 1.85 bits per heavy atom. The topological polar surface area (TPSA) is 77.5 Å². The lowest BCUT2D eigenvalue weighted by Gasteiger charge is -2.33.